The molecule has 0 aliphatic carbocycles. The SMILES string of the molecule is CC(C)C(=O)N1CCC(NCc2cccc(OCc3cccc(C#N)c3)c2)CC1. The van der Waals surface area contributed by atoms with Gasteiger partial charge in [0.15, 0.2) is 0 Å². The number of hydrogen-bond acceptors (Lipinski definition) is 4. The van der Waals surface area contributed by atoms with Gasteiger partial charge in [-0.05, 0) is 48.2 Å². The van der Waals surface area contributed by atoms with Crippen LogP contribution in [0.3, 0.4) is 0 Å². The van der Waals surface area contributed by atoms with E-state index < -0.39 is 0 Å². The summed E-state index contributed by atoms with van der Waals surface area (Å²) in [5.41, 5.74) is 2.80. The lowest BCUT2D eigenvalue weighted by Crippen LogP contribution is -2.45. The standard InChI is InChI=1S/C24H29N3O2/c1-18(2)24(28)27-11-9-22(10-12-27)26-16-20-6-4-8-23(14-20)29-17-21-7-3-5-19(13-21)15-25/h3-8,13-14,18,22,26H,9-12,16-17H2,1-2H3. The molecule has 5 nitrogen and oxygen atoms in total. The van der Waals surface area contributed by atoms with E-state index in [2.05, 4.69) is 23.5 Å². The van der Waals surface area contributed by atoms with Crippen molar-refractivity contribution in [3.8, 4) is 11.8 Å². The van der Waals surface area contributed by atoms with Crippen molar-refractivity contribution in [1.82, 2.24) is 10.2 Å². The average molecular weight is 392 g/mol. The monoisotopic (exact) mass is 391 g/mol. The van der Waals surface area contributed by atoms with Crippen LogP contribution in [0.25, 0.3) is 0 Å². The summed E-state index contributed by atoms with van der Waals surface area (Å²) in [6.07, 6.45) is 1.98. The van der Waals surface area contributed by atoms with Gasteiger partial charge in [-0.25, -0.2) is 0 Å². The van der Waals surface area contributed by atoms with Crippen LogP contribution in [0.5, 0.6) is 5.75 Å². The first-order chi connectivity index (χ1) is 14.0. The molecule has 1 N–H and O–H groups in total. The molecule has 29 heavy (non-hydrogen) atoms. The van der Waals surface area contributed by atoms with Gasteiger partial charge in [-0.2, -0.15) is 5.26 Å². The molecule has 0 bridgehead atoms. The zero-order chi connectivity index (χ0) is 20.6. The summed E-state index contributed by atoms with van der Waals surface area (Å²) in [6, 6.07) is 18.2. The van der Waals surface area contributed by atoms with Crippen molar-refractivity contribution in [2.45, 2.75) is 45.9 Å². The van der Waals surface area contributed by atoms with Crippen molar-refractivity contribution in [3.63, 3.8) is 0 Å². The molecule has 1 aliphatic rings. The molecule has 1 aliphatic heterocycles. The number of nitrogens with zero attached hydrogens (tertiary/aromatic N) is 2. The zero-order valence-corrected chi connectivity index (χ0v) is 17.2. The molecule has 3 rings (SSSR count). The molecular formula is C24H29N3O2. The Kier molecular flexibility index (Phi) is 7.26. The number of benzene rings is 2. The molecule has 0 aromatic heterocycles. The normalized spacial score (nSPS) is 14.6. The van der Waals surface area contributed by atoms with Crippen molar-refractivity contribution in [2.75, 3.05) is 13.1 Å². The maximum atomic E-state index is 12.1. The van der Waals surface area contributed by atoms with Gasteiger partial charge < -0.3 is 15.0 Å². The fourth-order valence-electron chi connectivity index (χ4n) is 3.57. The smallest absolute Gasteiger partial charge is 0.225 e. The van der Waals surface area contributed by atoms with E-state index in [-0.39, 0.29) is 11.8 Å². The average Bonchev–Trinajstić information content (AvgIpc) is 2.76. The minimum Gasteiger partial charge on any atom is -0.489 e. The number of amides is 1. The van der Waals surface area contributed by atoms with Crippen LogP contribution in [0.2, 0.25) is 0 Å². The van der Waals surface area contributed by atoms with E-state index in [1.54, 1.807) is 6.07 Å². The molecule has 0 saturated carbocycles. The third kappa shape index (κ3) is 6.07. The Bertz CT molecular complexity index is 864. The highest BCUT2D eigenvalue weighted by Gasteiger charge is 2.23. The predicted octanol–water partition coefficient (Wildman–Crippen LogP) is 3.87. The van der Waals surface area contributed by atoms with Gasteiger partial charge in [-0.1, -0.05) is 38.1 Å². The first-order valence-corrected chi connectivity index (χ1v) is 10.3. The maximum Gasteiger partial charge on any atom is 0.225 e. The first-order valence-electron chi connectivity index (χ1n) is 10.3. The second-order valence-electron chi connectivity index (χ2n) is 7.88. The van der Waals surface area contributed by atoms with Crippen molar-refractivity contribution >= 4 is 5.91 Å². The molecule has 2 aromatic carbocycles. The van der Waals surface area contributed by atoms with E-state index in [9.17, 15) is 4.79 Å². The molecule has 1 fully saturated rings. The molecule has 0 atom stereocenters. The van der Waals surface area contributed by atoms with Crippen molar-refractivity contribution < 1.29 is 9.53 Å². The molecule has 1 heterocycles. The molecule has 2 aromatic rings. The Labute approximate surface area is 173 Å². The Balaban J connectivity index is 1.47. The highest BCUT2D eigenvalue weighted by molar-refractivity contribution is 5.78. The number of nitrogens with one attached hydrogen (secondary N) is 1. The fraction of sp³-hybridized carbons (Fsp3) is 0.417. The van der Waals surface area contributed by atoms with Gasteiger partial charge in [-0.3, -0.25) is 4.79 Å². The van der Waals surface area contributed by atoms with E-state index in [1.165, 1.54) is 5.56 Å². The number of rotatable bonds is 7. The summed E-state index contributed by atoms with van der Waals surface area (Å²) in [5, 5.41) is 12.6. The van der Waals surface area contributed by atoms with Crippen molar-refractivity contribution in [2.24, 2.45) is 5.92 Å². The van der Waals surface area contributed by atoms with Crippen LogP contribution in [-0.2, 0) is 17.9 Å². The van der Waals surface area contributed by atoms with Crippen LogP contribution in [0, 0.1) is 17.2 Å². The Hall–Kier alpha value is -2.84. The van der Waals surface area contributed by atoms with Gasteiger partial charge in [0.1, 0.15) is 12.4 Å². The Morgan fingerprint density at radius 3 is 2.62 bits per heavy atom. The van der Waals surface area contributed by atoms with Gasteiger partial charge in [0.2, 0.25) is 5.91 Å². The highest BCUT2D eigenvalue weighted by Crippen LogP contribution is 2.17. The minimum atomic E-state index is 0.0737. The Morgan fingerprint density at radius 1 is 1.17 bits per heavy atom. The Morgan fingerprint density at radius 2 is 1.90 bits per heavy atom. The van der Waals surface area contributed by atoms with Crippen molar-refractivity contribution in [1.29, 1.82) is 5.26 Å². The summed E-state index contributed by atoms with van der Waals surface area (Å²) >= 11 is 0. The lowest BCUT2D eigenvalue weighted by molar-refractivity contribution is -0.135. The lowest BCUT2D eigenvalue weighted by atomic mass is 10.0. The van der Waals surface area contributed by atoms with Crippen LogP contribution in [0.4, 0.5) is 0 Å². The van der Waals surface area contributed by atoms with E-state index in [0.29, 0.717) is 18.2 Å². The largest absolute Gasteiger partial charge is 0.489 e. The molecule has 0 spiro atoms. The highest BCUT2D eigenvalue weighted by atomic mass is 16.5. The van der Waals surface area contributed by atoms with Crippen LogP contribution in [-0.4, -0.2) is 29.9 Å². The molecule has 1 amide bonds. The summed E-state index contributed by atoms with van der Waals surface area (Å²) in [6.45, 7) is 6.81. The number of nitriles is 1. The van der Waals surface area contributed by atoms with Gasteiger partial charge in [-0.15, -0.1) is 0 Å². The summed E-state index contributed by atoms with van der Waals surface area (Å²) in [4.78, 5) is 14.1. The number of likely N-dealkylation sites (tertiary alicyclic amines) is 1. The second kappa shape index (κ2) is 10.1. The first kappa shape index (κ1) is 20.9. The fourth-order valence-corrected chi connectivity index (χ4v) is 3.57. The second-order valence-corrected chi connectivity index (χ2v) is 7.88. The van der Waals surface area contributed by atoms with Gasteiger partial charge >= 0.3 is 0 Å². The number of hydrogen-bond donors (Lipinski definition) is 1. The third-order valence-corrected chi connectivity index (χ3v) is 5.26. The minimum absolute atomic E-state index is 0.0737. The molecule has 5 heteroatoms. The maximum absolute atomic E-state index is 12.1. The molecule has 1 saturated heterocycles. The molecule has 0 unspecified atom stereocenters. The lowest BCUT2D eigenvalue weighted by Gasteiger charge is -2.33. The molecule has 0 radical (unpaired) electrons. The third-order valence-electron chi connectivity index (χ3n) is 5.26. The molecule has 152 valence electrons. The van der Waals surface area contributed by atoms with Crippen LogP contribution < -0.4 is 10.1 Å². The van der Waals surface area contributed by atoms with E-state index in [4.69, 9.17) is 10.00 Å². The van der Waals surface area contributed by atoms with E-state index >= 15 is 0 Å². The van der Waals surface area contributed by atoms with Gasteiger partial charge in [0.25, 0.3) is 0 Å². The van der Waals surface area contributed by atoms with Gasteiger partial charge in [0, 0.05) is 31.6 Å². The number of carbonyl (C=O) groups excluding carboxylic acids is 1. The molecular weight excluding hydrogens is 362 g/mol. The number of piperidine rings is 1. The zero-order valence-electron chi connectivity index (χ0n) is 17.2. The van der Waals surface area contributed by atoms with Gasteiger partial charge in [0.05, 0.1) is 11.6 Å². The van der Waals surface area contributed by atoms with Crippen LogP contribution in [0.15, 0.2) is 48.5 Å². The van der Waals surface area contributed by atoms with Crippen LogP contribution in [0.1, 0.15) is 43.4 Å². The quantitative estimate of drug-likeness (QED) is 0.778. The van der Waals surface area contributed by atoms with Crippen molar-refractivity contribution in [3.05, 3.63) is 65.2 Å². The summed E-state index contributed by atoms with van der Waals surface area (Å²) < 4.78 is 5.91. The number of carbonyl (C=O) groups is 1. The van der Waals surface area contributed by atoms with E-state index in [1.807, 2.05) is 49.1 Å². The van der Waals surface area contributed by atoms with Crippen LogP contribution >= 0.6 is 0 Å². The predicted molar refractivity (Wildman–Crippen MR) is 113 cm³/mol. The number of ether oxygens (including phenoxy) is 1. The summed E-state index contributed by atoms with van der Waals surface area (Å²) in [7, 11) is 0. The van der Waals surface area contributed by atoms with E-state index in [0.717, 1.165) is 43.8 Å². The topological polar surface area (TPSA) is 65.4 Å². The summed E-state index contributed by atoms with van der Waals surface area (Å²) in [5.74, 6) is 1.15.